The van der Waals surface area contributed by atoms with Gasteiger partial charge in [0, 0.05) is 12.4 Å². The molecule has 0 aliphatic heterocycles. The first-order valence-corrected chi connectivity index (χ1v) is 16.8. The van der Waals surface area contributed by atoms with Gasteiger partial charge in [0.15, 0.2) is 0 Å². The summed E-state index contributed by atoms with van der Waals surface area (Å²) in [5.41, 5.74) is 0.903. The summed E-state index contributed by atoms with van der Waals surface area (Å²) in [6, 6.07) is 38.7. The van der Waals surface area contributed by atoms with Gasteiger partial charge in [-0.1, -0.05) is 16.4 Å². The van der Waals surface area contributed by atoms with Crippen LogP contribution in [0.5, 0.6) is 0 Å². The molecule has 3 aromatic carbocycles. The molecule has 1 heterocycles. The first-order chi connectivity index (χ1) is 19.9. The number of hydrogen-bond acceptors (Lipinski definition) is 9. The van der Waals surface area contributed by atoms with Crippen molar-refractivity contribution < 1.29 is 27.2 Å². The fourth-order valence-corrected chi connectivity index (χ4v) is 10.3. The van der Waals surface area contributed by atoms with Crippen LogP contribution in [0.15, 0.2) is 142 Å². The van der Waals surface area contributed by atoms with E-state index in [0.29, 0.717) is 0 Å². The predicted octanol–water partition coefficient (Wildman–Crippen LogP) is 4.87. The van der Waals surface area contributed by atoms with Gasteiger partial charge in [-0.2, -0.15) is 0 Å². The van der Waals surface area contributed by atoms with Crippen LogP contribution in [0.1, 0.15) is 27.7 Å². The van der Waals surface area contributed by atoms with Crippen LogP contribution in [0.4, 0.5) is 0 Å². The first kappa shape index (κ1) is 38.0. The van der Waals surface area contributed by atoms with Crippen LogP contribution >= 0.6 is 0 Å². The molecule has 11 heteroatoms. The van der Waals surface area contributed by atoms with Crippen LogP contribution in [-0.2, 0) is 16.8 Å². The topological polar surface area (TPSA) is 149 Å². The molecule has 0 saturated heterocycles. The molecule has 2 N–H and O–H groups in total. The first-order valence-electron chi connectivity index (χ1n) is 12.5. The third-order valence-electron chi connectivity index (χ3n) is 5.37. The van der Waals surface area contributed by atoms with Gasteiger partial charge in [0.05, 0.1) is 22.8 Å². The molecule has 0 spiro atoms. The average Bonchev–Trinajstić information content (AvgIpc) is 3.06. The minimum absolute atomic E-state index is 0. The Kier molecular flexibility index (Phi) is 21.4. The standard InChI is InChI=1S/3C6H5.C5H5N.2C4H8N2O2.Co.Sn/c4*1-2-4-6-5-3-1;2*1-3(5-7)4(2)6-8;;/h4*1-5H;2*7-8H,1-2H3;;/q;;;;;;+2;/p-2/b;;;;2*5-3+,6-4+;;. The van der Waals surface area contributed by atoms with E-state index in [4.69, 9.17) is 10.4 Å². The molecule has 0 aliphatic rings. The largest absolute Gasteiger partial charge is 0.265 e. The van der Waals surface area contributed by atoms with Gasteiger partial charge in [0.1, 0.15) is 0 Å². The fourth-order valence-electron chi connectivity index (χ4n) is 2.90. The number of rotatable bonds is 5. The third-order valence-corrected chi connectivity index (χ3v) is 13.2. The van der Waals surface area contributed by atoms with E-state index in [-0.39, 0.29) is 39.6 Å². The number of hydrogen-bond donors (Lipinski definition) is 2. The van der Waals surface area contributed by atoms with Crippen LogP contribution in [0.2, 0.25) is 0 Å². The number of pyridine rings is 1. The molecule has 1 aromatic heterocycles. The van der Waals surface area contributed by atoms with E-state index >= 15 is 0 Å². The SMILES string of the molecule is CC(=N\[O-])/C(C)=N/O.CC(=N\[O-])/C(C)=N/O.[Co+2].c1cc[c]([Sn]([c]2ccccc2)[c]2ccccc2)cc1.c1ccncc1. The van der Waals surface area contributed by atoms with Crippen molar-refractivity contribution in [2.24, 2.45) is 20.6 Å². The van der Waals surface area contributed by atoms with Crippen molar-refractivity contribution in [3.8, 4) is 0 Å². The maximum absolute atomic E-state index is 9.63. The Morgan fingerprint density at radius 2 is 0.810 bits per heavy atom. The summed E-state index contributed by atoms with van der Waals surface area (Å²) >= 11 is -1.98. The molecular weight excluding hydrogens is 684 g/mol. The zero-order valence-corrected chi connectivity index (χ0v) is 27.7. The maximum atomic E-state index is 9.63. The summed E-state index contributed by atoms with van der Waals surface area (Å²) in [6.45, 7) is 5.94. The molecule has 2 radical (unpaired) electrons. The van der Waals surface area contributed by atoms with Gasteiger partial charge in [0.2, 0.25) is 0 Å². The van der Waals surface area contributed by atoms with Gasteiger partial charge >= 0.3 is 138 Å². The molecule has 0 bridgehead atoms. The van der Waals surface area contributed by atoms with Gasteiger partial charge in [-0.05, 0) is 39.8 Å². The van der Waals surface area contributed by atoms with Crippen LogP contribution in [0.3, 0.4) is 0 Å². The normalized spacial score (nSPS) is 11.4. The minimum Gasteiger partial charge on any atom is -0.265 e. The van der Waals surface area contributed by atoms with Crippen molar-refractivity contribution in [2.45, 2.75) is 27.7 Å². The Bertz CT molecular complexity index is 1170. The van der Waals surface area contributed by atoms with Crippen LogP contribution in [-0.4, -0.2) is 58.0 Å². The van der Waals surface area contributed by atoms with Crippen molar-refractivity contribution in [3.63, 3.8) is 0 Å². The Morgan fingerprint density at radius 1 is 0.524 bits per heavy atom. The molecule has 42 heavy (non-hydrogen) atoms. The van der Waals surface area contributed by atoms with Gasteiger partial charge in [-0.25, -0.2) is 0 Å². The molecule has 0 unspecified atom stereocenters. The molecule has 4 rings (SSSR count). The second-order valence-corrected chi connectivity index (χ2v) is 15.3. The third kappa shape index (κ3) is 15.1. The zero-order valence-electron chi connectivity index (χ0n) is 23.8. The second kappa shape index (κ2) is 23.7. The Balaban J connectivity index is 0.000000612. The summed E-state index contributed by atoms with van der Waals surface area (Å²) in [5, 5.41) is 45.8. The molecule has 220 valence electrons. The molecule has 0 amide bonds. The molecule has 9 nitrogen and oxygen atoms in total. The second-order valence-electron chi connectivity index (χ2n) is 8.22. The Hall–Kier alpha value is -4.00. The van der Waals surface area contributed by atoms with E-state index in [1.807, 2.05) is 18.2 Å². The van der Waals surface area contributed by atoms with Crippen molar-refractivity contribution >= 4 is 53.3 Å². The van der Waals surface area contributed by atoms with Gasteiger partial charge in [0.25, 0.3) is 0 Å². The summed E-state index contributed by atoms with van der Waals surface area (Å²) in [7, 11) is 0. The van der Waals surface area contributed by atoms with Gasteiger partial charge in [-0.15, -0.1) is 0 Å². The maximum Gasteiger partial charge on any atom is 0.0267 e. The summed E-state index contributed by atoms with van der Waals surface area (Å²) in [5.74, 6) is 0. The molecular formula is C31H34CoN5O4Sn. The van der Waals surface area contributed by atoms with Crippen molar-refractivity contribution in [1.82, 2.24) is 4.98 Å². The van der Waals surface area contributed by atoms with E-state index in [9.17, 15) is 10.4 Å². The summed E-state index contributed by atoms with van der Waals surface area (Å²) in [4.78, 5) is 3.78. The molecule has 0 fully saturated rings. The van der Waals surface area contributed by atoms with Crippen molar-refractivity contribution in [3.05, 3.63) is 132 Å². The van der Waals surface area contributed by atoms with Gasteiger partial charge < -0.3 is 31.1 Å². The van der Waals surface area contributed by atoms with E-state index in [2.05, 4.69) is 117 Å². The number of nitrogens with zero attached hydrogens (tertiary/aromatic N) is 5. The van der Waals surface area contributed by atoms with E-state index in [1.54, 1.807) is 12.4 Å². The summed E-state index contributed by atoms with van der Waals surface area (Å²) < 4.78 is 4.59. The van der Waals surface area contributed by atoms with Crippen LogP contribution < -0.4 is 10.7 Å². The van der Waals surface area contributed by atoms with Crippen molar-refractivity contribution in [2.75, 3.05) is 0 Å². The quantitative estimate of drug-likeness (QED) is 0.131. The Labute approximate surface area is 264 Å². The smallest absolute Gasteiger partial charge is 0.0267 e. The zero-order chi connectivity index (χ0) is 30.3. The molecule has 4 aromatic rings. The molecule has 0 aliphatic carbocycles. The van der Waals surface area contributed by atoms with Crippen LogP contribution in [0.25, 0.3) is 0 Å². The number of benzene rings is 3. The predicted molar refractivity (Wildman–Crippen MR) is 171 cm³/mol. The molecule has 0 saturated carbocycles. The summed E-state index contributed by atoms with van der Waals surface area (Å²) in [6.07, 6.45) is 3.50. The number of oxime groups is 2. The number of aromatic nitrogens is 1. The Morgan fingerprint density at radius 3 is 0.976 bits per heavy atom. The fraction of sp³-hybridized carbons (Fsp3) is 0.129. The van der Waals surface area contributed by atoms with Crippen molar-refractivity contribution in [1.29, 1.82) is 0 Å². The van der Waals surface area contributed by atoms with E-state index < -0.39 is 19.8 Å². The monoisotopic (exact) mass is 719 g/mol. The van der Waals surface area contributed by atoms with Crippen LogP contribution in [0, 0.1) is 10.4 Å². The van der Waals surface area contributed by atoms with E-state index in [1.165, 1.54) is 38.4 Å². The molecule has 0 atom stereocenters. The average molecular weight is 718 g/mol. The van der Waals surface area contributed by atoms with E-state index in [0.717, 1.165) is 0 Å². The minimum atomic E-state index is -1.98. The van der Waals surface area contributed by atoms with Gasteiger partial charge in [-0.3, -0.25) is 4.98 Å².